The highest BCUT2D eigenvalue weighted by Gasteiger charge is 2.26. The molecule has 1 fully saturated rings. The molecule has 0 radical (unpaired) electrons. The van der Waals surface area contributed by atoms with E-state index in [-0.39, 0.29) is 11.5 Å². The molecule has 0 atom stereocenters. The number of aromatic nitrogens is 1. The Morgan fingerprint density at radius 1 is 1.38 bits per heavy atom. The third-order valence-corrected chi connectivity index (χ3v) is 2.55. The van der Waals surface area contributed by atoms with Crippen LogP contribution in [0.5, 0.6) is 0 Å². The van der Waals surface area contributed by atoms with E-state index >= 15 is 0 Å². The summed E-state index contributed by atoms with van der Waals surface area (Å²) in [4.78, 5) is 26.6. The minimum atomic E-state index is -0.213. The summed E-state index contributed by atoms with van der Waals surface area (Å²) < 4.78 is 0. The van der Waals surface area contributed by atoms with Gasteiger partial charge in [0.25, 0.3) is 5.91 Å². The maximum Gasteiger partial charge on any atom is 0.276 e. The summed E-state index contributed by atoms with van der Waals surface area (Å²) in [7, 11) is 1.59. The van der Waals surface area contributed by atoms with Crippen LogP contribution in [0.2, 0.25) is 0 Å². The number of pyridine rings is 1. The van der Waals surface area contributed by atoms with Gasteiger partial charge in [0.2, 0.25) is 5.56 Å². The van der Waals surface area contributed by atoms with Gasteiger partial charge in [-0.05, 0) is 24.4 Å². The van der Waals surface area contributed by atoms with Gasteiger partial charge in [-0.2, -0.15) is 0 Å². The number of rotatable bonds is 1. The summed E-state index contributed by atoms with van der Waals surface area (Å²) in [5.74, 6) is -0.213. The molecule has 0 spiro atoms. The standard InChI is InChI=1S/C10H9N3O2S/c1-13-9(15)7(12-10(13)16)5-6-3-2-4-8(14)11-6/h2-5H,1H3,(H,11,14)(H,12,16)/b7-5+. The molecule has 5 nitrogen and oxygen atoms in total. The molecule has 1 aliphatic rings. The van der Waals surface area contributed by atoms with Crippen LogP contribution in [0.25, 0.3) is 6.08 Å². The monoisotopic (exact) mass is 235 g/mol. The predicted molar refractivity (Wildman–Crippen MR) is 63.5 cm³/mol. The van der Waals surface area contributed by atoms with Crippen molar-refractivity contribution >= 4 is 29.3 Å². The molecular weight excluding hydrogens is 226 g/mol. The summed E-state index contributed by atoms with van der Waals surface area (Å²) in [5, 5.41) is 3.12. The van der Waals surface area contributed by atoms with Crippen LogP contribution < -0.4 is 10.9 Å². The van der Waals surface area contributed by atoms with Crippen molar-refractivity contribution in [2.75, 3.05) is 7.05 Å². The molecular formula is C10H9N3O2S. The lowest BCUT2D eigenvalue weighted by Crippen LogP contribution is -2.25. The van der Waals surface area contributed by atoms with Gasteiger partial charge in [0.1, 0.15) is 5.70 Å². The molecule has 0 aromatic carbocycles. The summed E-state index contributed by atoms with van der Waals surface area (Å²) in [6, 6.07) is 4.72. The van der Waals surface area contributed by atoms with E-state index in [0.29, 0.717) is 16.5 Å². The Hall–Kier alpha value is -1.95. The topological polar surface area (TPSA) is 65.2 Å². The van der Waals surface area contributed by atoms with Crippen LogP contribution in [0, 0.1) is 0 Å². The van der Waals surface area contributed by atoms with Crippen molar-refractivity contribution in [3.63, 3.8) is 0 Å². The van der Waals surface area contributed by atoms with Crippen molar-refractivity contribution in [2.45, 2.75) is 0 Å². The van der Waals surface area contributed by atoms with Crippen LogP contribution in [-0.2, 0) is 4.79 Å². The first-order valence-electron chi connectivity index (χ1n) is 4.58. The van der Waals surface area contributed by atoms with Gasteiger partial charge in [0.05, 0.1) is 0 Å². The molecule has 16 heavy (non-hydrogen) atoms. The van der Waals surface area contributed by atoms with E-state index in [1.54, 1.807) is 25.3 Å². The van der Waals surface area contributed by atoms with Gasteiger partial charge in [-0.3, -0.25) is 14.5 Å². The van der Waals surface area contributed by atoms with E-state index in [0.717, 1.165) is 0 Å². The molecule has 1 aromatic heterocycles. The quantitative estimate of drug-likeness (QED) is 0.534. The maximum absolute atomic E-state index is 11.6. The van der Waals surface area contributed by atoms with Gasteiger partial charge in [-0.1, -0.05) is 6.07 Å². The largest absolute Gasteiger partial charge is 0.328 e. The first-order chi connectivity index (χ1) is 7.58. The first kappa shape index (κ1) is 10.6. The molecule has 0 saturated carbocycles. The zero-order valence-corrected chi connectivity index (χ0v) is 9.30. The van der Waals surface area contributed by atoms with Crippen LogP contribution in [0.15, 0.2) is 28.7 Å². The minimum Gasteiger partial charge on any atom is -0.328 e. The fourth-order valence-corrected chi connectivity index (χ4v) is 1.52. The average molecular weight is 235 g/mol. The van der Waals surface area contributed by atoms with Crippen LogP contribution in [-0.4, -0.2) is 28.0 Å². The number of thiocarbonyl (C=S) groups is 1. The van der Waals surface area contributed by atoms with Crippen LogP contribution in [0.3, 0.4) is 0 Å². The lowest BCUT2D eigenvalue weighted by molar-refractivity contribution is -0.121. The number of nitrogens with zero attached hydrogens (tertiary/aromatic N) is 1. The Morgan fingerprint density at radius 3 is 2.69 bits per heavy atom. The number of carbonyl (C=O) groups excluding carboxylic acids is 1. The van der Waals surface area contributed by atoms with Crippen molar-refractivity contribution in [1.82, 2.24) is 15.2 Å². The van der Waals surface area contributed by atoms with E-state index < -0.39 is 0 Å². The number of aromatic amines is 1. The molecule has 0 bridgehead atoms. The molecule has 2 rings (SSSR count). The second-order valence-electron chi connectivity index (χ2n) is 3.32. The number of hydrogen-bond donors (Lipinski definition) is 2. The Morgan fingerprint density at radius 2 is 2.12 bits per heavy atom. The molecule has 0 aliphatic carbocycles. The molecule has 1 saturated heterocycles. The van der Waals surface area contributed by atoms with Gasteiger partial charge in [-0.25, -0.2) is 0 Å². The lowest BCUT2D eigenvalue weighted by atomic mass is 10.3. The Kier molecular flexibility index (Phi) is 2.57. The Balaban J connectivity index is 2.36. The molecule has 1 aliphatic heterocycles. The highest BCUT2D eigenvalue weighted by molar-refractivity contribution is 7.80. The van der Waals surface area contributed by atoms with Crippen molar-refractivity contribution in [2.24, 2.45) is 0 Å². The maximum atomic E-state index is 11.6. The molecule has 2 N–H and O–H groups in total. The summed E-state index contributed by atoms with van der Waals surface area (Å²) in [5.41, 5.74) is 0.700. The summed E-state index contributed by atoms with van der Waals surface area (Å²) >= 11 is 4.92. The van der Waals surface area contributed by atoms with Gasteiger partial charge >= 0.3 is 0 Å². The summed E-state index contributed by atoms with van der Waals surface area (Å²) in [6.45, 7) is 0. The third kappa shape index (κ3) is 1.87. The molecule has 0 unspecified atom stereocenters. The fourth-order valence-electron chi connectivity index (χ4n) is 1.33. The van der Waals surface area contributed by atoms with Gasteiger partial charge < -0.3 is 10.3 Å². The molecule has 2 heterocycles. The van der Waals surface area contributed by atoms with Crippen molar-refractivity contribution in [1.29, 1.82) is 0 Å². The number of amides is 1. The first-order valence-corrected chi connectivity index (χ1v) is 4.99. The van der Waals surface area contributed by atoms with Crippen molar-refractivity contribution in [3.8, 4) is 0 Å². The van der Waals surface area contributed by atoms with Crippen LogP contribution in [0.4, 0.5) is 0 Å². The highest BCUT2D eigenvalue weighted by Crippen LogP contribution is 2.10. The minimum absolute atomic E-state index is 0.212. The van der Waals surface area contributed by atoms with Crippen molar-refractivity contribution in [3.05, 3.63) is 39.9 Å². The van der Waals surface area contributed by atoms with Crippen LogP contribution >= 0.6 is 12.2 Å². The third-order valence-electron chi connectivity index (χ3n) is 2.17. The van der Waals surface area contributed by atoms with Gasteiger partial charge in [0.15, 0.2) is 5.11 Å². The van der Waals surface area contributed by atoms with E-state index in [2.05, 4.69) is 10.3 Å². The Bertz CT molecular complexity index is 547. The summed E-state index contributed by atoms with van der Waals surface area (Å²) in [6.07, 6.45) is 1.56. The predicted octanol–water partition coefficient (Wildman–Crippen LogP) is 0.0623. The highest BCUT2D eigenvalue weighted by atomic mass is 32.1. The van der Waals surface area contributed by atoms with E-state index in [4.69, 9.17) is 12.2 Å². The zero-order chi connectivity index (χ0) is 11.7. The molecule has 1 aromatic rings. The SMILES string of the molecule is CN1C(=O)/C(=C\c2cccc(=O)[nH]2)NC1=S. The second-order valence-corrected chi connectivity index (χ2v) is 3.71. The van der Waals surface area contributed by atoms with Crippen molar-refractivity contribution < 1.29 is 4.79 Å². The van der Waals surface area contributed by atoms with Crippen LogP contribution in [0.1, 0.15) is 5.69 Å². The lowest BCUT2D eigenvalue weighted by Gasteiger charge is -2.02. The number of carbonyl (C=O) groups is 1. The second kappa shape index (κ2) is 3.90. The van der Waals surface area contributed by atoms with E-state index in [9.17, 15) is 9.59 Å². The Labute approximate surface area is 96.8 Å². The van der Waals surface area contributed by atoms with Gasteiger partial charge in [0, 0.05) is 18.8 Å². The zero-order valence-electron chi connectivity index (χ0n) is 8.48. The molecule has 1 amide bonds. The number of likely N-dealkylation sites (N-methyl/N-ethyl adjacent to an activating group) is 1. The fraction of sp³-hybridized carbons (Fsp3) is 0.100. The van der Waals surface area contributed by atoms with Gasteiger partial charge in [-0.15, -0.1) is 0 Å². The van der Waals surface area contributed by atoms with E-state index in [1.807, 2.05) is 0 Å². The normalized spacial score (nSPS) is 18.1. The molecule has 6 heteroatoms. The van der Waals surface area contributed by atoms with E-state index in [1.165, 1.54) is 11.0 Å². The molecule has 82 valence electrons. The smallest absolute Gasteiger partial charge is 0.276 e. The number of H-pyrrole nitrogens is 1. The number of hydrogen-bond acceptors (Lipinski definition) is 3. The number of nitrogens with one attached hydrogen (secondary N) is 2. The average Bonchev–Trinajstić information content (AvgIpc) is 2.47.